The predicted molar refractivity (Wildman–Crippen MR) is 116 cm³/mol. The molecule has 4 rings (SSSR count). The second-order valence-corrected chi connectivity index (χ2v) is 9.19. The average Bonchev–Trinajstić information content (AvgIpc) is 3.15. The van der Waals surface area contributed by atoms with E-state index in [0.29, 0.717) is 16.5 Å². The van der Waals surface area contributed by atoms with Gasteiger partial charge in [-0.1, -0.05) is 23.7 Å². The van der Waals surface area contributed by atoms with Gasteiger partial charge in [0.25, 0.3) is 5.91 Å². The molecule has 3 aromatic rings. The third kappa shape index (κ3) is 3.96. The second-order valence-electron chi connectivity index (χ2n) is 6.53. The average molecular weight is 435 g/mol. The van der Waals surface area contributed by atoms with Crippen molar-refractivity contribution in [3.63, 3.8) is 0 Å². The van der Waals surface area contributed by atoms with Crippen LogP contribution in [0.2, 0.25) is 5.02 Å². The maximum Gasteiger partial charge on any atom is 0.275 e. The van der Waals surface area contributed by atoms with E-state index in [2.05, 4.69) is 15.5 Å². The van der Waals surface area contributed by atoms with E-state index in [-0.39, 0.29) is 11.5 Å². The van der Waals surface area contributed by atoms with Crippen LogP contribution in [0.3, 0.4) is 0 Å². The van der Waals surface area contributed by atoms with Crippen molar-refractivity contribution < 1.29 is 9.53 Å². The van der Waals surface area contributed by atoms with Crippen molar-refractivity contribution >= 4 is 56.5 Å². The number of rotatable bonds is 4. The number of carbonyl (C=O) groups is 1. The van der Waals surface area contributed by atoms with Gasteiger partial charge in [0.05, 0.1) is 11.3 Å². The fraction of sp³-hybridized carbons (Fsp3) is 0.316. The maximum absolute atomic E-state index is 12.6. The Hall–Kier alpha value is -1.87. The van der Waals surface area contributed by atoms with Crippen molar-refractivity contribution in [2.24, 2.45) is 0 Å². The van der Waals surface area contributed by atoms with E-state index in [1.807, 2.05) is 30.3 Å². The van der Waals surface area contributed by atoms with Crippen LogP contribution in [0, 0.1) is 0 Å². The number of nitrogens with one attached hydrogen (secondary N) is 1. The number of fused-ring (bicyclic) bond motifs is 1. The van der Waals surface area contributed by atoms with E-state index in [9.17, 15) is 4.79 Å². The molecule has 28 heavy (non-hydrogen) atoms. The molecular weight excluding hydrogens is 416 g/mol. The number of halogens is 1. The lowest BCUT2D eigenvalue weighted by Gasteiger charge is -2.23. The molecule has 9 heteroatoms. The summed E-state index contributed by atoms with van der Waals surface area (Å²) in [6, 6.07) is 9.69. The SMILES string of the molecule is CN(C)C(=O)c1nnc(NC2OCCCS2)c2cc(-c3ccc(Cl)cc3)sc12. The summed E-state index contributed by atoms with van der Waals surface area (Å²) in [5.41, 5.74) is 1.22. The van der Waals surface area contributed by atoms with Crippen LogP contribution in [0.1, 0.15) is 16.9 Å². The van der Waals surface area contributed by atoms with Gasteiger partial charge in [0.2, 0.25) is 0 Å². The third-order valence-corrected chi connectivity index (χ3v) is 6.80. The molecule has 0 radical (unpaired) electrons. The lowest BCUT2D eigenvalue weighted by molar-refractivity contribution is 0.0823. The van der Waals surface area contributed by atoms with Crippen molar-refractivity contribution in [3.05, 3.63) is 41.0 Å². The molecule has 1 amide bonds. The third-order valence-electron chi connectivity index (χ3n) is 4.27. The molecule has 1 aliphatic heterocycles. The highest BCUT2D eigenvalue weighted by atomic mass is 35.5. The number of hydrogen-bond acceptors (Lipinski definition) is 7. The largest absolute Gasteiger partial charge is 0.349 e. The minimum absolute atomic E-state index is 0.166. The Kier molecular flexibility index (Phi) is 5.73. The van der Waals surface area contributed by atoms with Crippen LogP contribution in [-0.4, -0.2) is 53.0 Å². The Labute approximate surface area is 176 Å². The van der Waals surface area contributed by atoms with Gasteiger partial charge in [-0.15, -0.1) is 33.3 Å². The molecule has 6 nitrogen and oxygen atoms in total. The molecule has 1 fully saturated rings. The van der Waals surface area contributed by atoms with Gasteiger partial charge in [0, 0.05) is 29.4 Å². The van der Waals surface area contributed by atoms with Gasteiger partial charge in [0.1, 0.15) is 0 Å². The van der Waals surface area contributed by atoms with E-state index in [1.54, 1.807) is 25.9 Å². The Morgan fingerprint density at radius 3 is 2.75 bits per heavy atom. The highest BCUT2D eigenvalue weighted by Gasteiger charge is 2.23. The summed E-state index contributed by atoms with van der Waals surface area (Å²) >= 11 is 9.24. The van der Waals surface area contributed by atoms with Crippen LogP contribution in [0.25, 0.3) is 20.5 Å². The standard InChI is InChI=1S/C19H19ClN4O2S2/c1-24(2)18(25)15-16-13(10-14(28-16)11-4-6-12(20)7-5-11)17(23-22-15)21-19-26-8-3-9-27-19/h4-7,10,19H,3,8-9H2,1-2H3,(H,21,23). The molecule has 1 N–H and O–H groups in total. The smallest absolute Gasteiger partial charge is 0.275 e. The van der Waals surface area contributed by atoms with Crippen LogP contribution in [0.15, 0.2) is 30.3 Å². The fourth-order valence-electron chi connectivity index (χ4n) is 2.84. The second kappa shape index (κ2) is 8.24. The number of anilines is 1. The summed E-state index contributed by atoms with van der Waals surface area (Å²) in [4.78, 5) is 15.1. The molecule has 0 spiro atoms. The Balaban J connectivity index is 1.80. The molecule has 2 aromatic heterocycles. The Morgan fingerprint density at radius 1 is 1.29 bits per heavy atom. The van der Waals surface area contributed by atoms with E-state index in [4.69, 9.17) is 16.3 Å². The van der Waals surface area contributed by atoms with Crippen LogP contribution in [0.5, 0.6) is 0 Å². The molecule has 0 bridgehead atoms. The van der Waals surface area contributed by atoms with Gasteiger partial charge in [-0.2, -0.15) is 0 Å². The lowest BCUT2D eigenvalue weighted by Crippen LogP contribution is -2.26. The zero-order chi connectivity index (χ0) is 19.7. The number of aromatic nitrogens is 2. The minimum Gasteiger partial charge on any atom is -0.349 e. The highest BCUT2D eigenvalue weighted by molar-refractivity contribution is 7.99. The van der Waals surface area contributed by atoms with Crippen LogP contribution in [-0.2, 0) is 4.74 Å². The first-order valence-corrected chi connectivity index (χ1v) is 11.0. The summed E-state index contributed by atoms with van der Waals surface area (Å²) in [6.45, 7) is 0.720. The molecule has 1 aliphatic rings. The summed E-state index contributed by atoms with van der Waals surface area (Å²) in [7, 11) is 3.42. The topological polar surface area (TPSA) is 67.4 Å². The molecule has 1 aromatic carbocycles. The molecule has 1 unspecified atom stereocenters. The zero-order valence-corrected chi connectivity index (χ0v) is 17.8. The van der Waals surface area contributed by atoms with E-state index < -0.39 is 0 Å². The molecule has 0 saturated carbocycles. The number of thiophene rings is 1. The number of ether oxygens (including phenoxy) is 1. The monoisotopic (exact) mass is 434 g/mol. The first-order chi connectivity index (χ1) is 13.5. The van der Waals surface area contributed by atoms with E-state index in [1.165, 1.54) is 16.2 Å². The first kappa shape index (κ1) is 19.4. The van der Waals surface area contributed by atoms with E-state index in [0.717, 1.165) is 39.3 Å². The van der Waals surface area contributed by atoms with Crippen molar-refractivity contribution in [1.82, 2.24) is 15.1 Å². The molecule has 0 aliphatic carbocycles. The van der Waals surface area contributed by atoms with Gasteiger partial charge in [-0.25, -0.2) is 0 Å². The lowest BCUT2D eigenvalue weighted by atomic mass is 10.1. The zero-order valence-electron chi connectivity index (χ0n) is 15.4. The summed E-state index contributed by atoms with van der Waals surface area (Å²) in [6.07, 6.45) is 1.04. The van der Waals surface area contributed by atoms with Crippen molar-refractivity contribution in [3.8, 4) is 10.4 Å². The molecular formula is C19H19ClN4O2S2. The molecule has 3 heterocycles. The van der Waals surface area contributed by atoms with Crippen LogP contribution in [0.4, 0.5) is 5.82 Å². The summed E-state index contributed by atoms with van der Waals surface area (Å²) in [5, 5.41) is 13.4. The highest BCUT2D eigenvalue weighted by Crippen LogP contribution is 2.38. The van der Waals surface area contributed by atoms with E-state index >= 15 is 0 Å². The maximum atomic E-state index is 12.6. The quantitative estimate of drug-likeness (QED) is 0.649. The van der Waals surface area contributed by atoms with Crippen molar-refractivity contribution in [2.45, 2.75) is 12.0 Å². The van der Waals surface area contributed by atoms with Gasteiger partial charge < -0.3 is 15.0 Å². The van der Waals surface area contributed by atoms with Gasteiger partial charge >= 0.3 is 0 Å². The normalized spacial score (nSPS) is 16.9. The summed E-state index contributed by atoms with van der Waals surface area (Å²) in [5.74, 6) is 1.49. The number of benzene rings is 1. The number of thioether (sulfide) groups is 1. The minimum atomic E-state index is -0.170. The Bertz CT molecular complexity index is 1000. The van der Waals surface area contributed by atoms with Gasteiger partial charge in [0.15, 0.2) is 17.1 Å². The van der Waals surface area contributed by atoms with Crippen LogP contribution < -0.4 is 5.32 Å². The number of hydrogen-bond donors (Lipinski definition) is 1. The van der Waals surface area contributed by atoms with Crippen molar-refractivity contribution in [2.75, 3.05) is 31.8 Å². The van der Waals surface area contributed by atoms with Gasteiger partial charge in [-0.05, 0) is 35.9 Å². The first-order valence-electron chi connectivity index (χ1n) is 8.80. The fourth-order valence-corrected chi connectivity index (χ4v) is 4.99. The Morgan fingerprint density at radius 2 is 2.07 bits per heavy atom. The number of carbonyl (C=O) groups excluding carboxylic acids is 1. The van der Waals surface area contributed by atoms with Crippen molar-refractivity contribution in [1.29, 1.82) is 0 Å². The molecule has 146 valence electrons. The van der Waals surface area contributed by atoms with Gasteiger partial charge in [-0.3, -0.25) is 4.79 Å². The van der Waals surface area contributed by atoms with Crippen LogP contribution >= 0.6 is 34.7 Å². The number of amides is 1. The molecule has 1 saturated heterocycles. The molecule has 1 atom stereocenters. The predicted octanol–water partition coefficient (Wildman–Crippen LogP) is 4.56. The summed E-state index contributed by atoms with van der Waals surface area (Å²) < 4.78 is 6.56. The number of nitrogens with zero attached hydrogens (tertiary/aromatic N) is 3.